The third-order valence-electron chi connectivity index (χ3n) is 3.44. The van der Waals surface area contributed by atoms with Crippen LogP contribution in [0.5, 0.6) is 0 Å². The van der Waals surface area contributed by atoms with E-state index in [2.05, 4.69) is 27.5 Å². The third kappa shape index (κ3) is 6.89. The predicted octanol–water partition coefficient (Wildman–Crippen LogP) is -0.543. The number of halogens is 1. The molecule has 1 atom stereocenters. The number of carbonyl (C=O) groups excluding carboxylic acids is 1. The molecule has 2 rings (SSSR count). The van der Waals surface area contributed by atoms with Gasteiger partial charge in [-0.05, 0) is 43.0 Å². The second kappa shape index (κ2) is 10.7. The number of benzene rings is 1. The van der Waals surface area contributed by atoms with E-state index in [9.17, 15) is 4.79 Å². The number of aromatic nitrogens is 2. The summed E-state index contributed by atoms with van der Waals surface area (Å²) in [6.07, 6.45) is 2.94. The lowest BCUT2D eigenvalue weighted by Crippen LogP contribution is -3.00. The zero-order valence-electron chi connectivity index (χ0n) is 14.5. The van der Waals surface area contributed by atoms with Crippen LogP contribution in [-0.2, 0) is 4.79 Å². The van der Waals surface area contributed by atoms with Crippen LogP contribution in [0.3, 0.4) is 0 Å². The van der Waals surface area contributed by atoms with Gasteiger partial charge in [-0.2, -0.15) is 11.8 Å². The molecule has 0 aliphatic carbocycles. The van der Waals surface area contributed by atoms with Crippen LogP contribution in [0.25, 0.3) is 0 Å². The van der Waals surface area contributed by atoms with E-state index in [0.29, 0.717) is 11.1 Å². The van der Waals surface area contributed by atoms with Gasteiger partial charge >= 0.3 is 0 Å². The van der Waals surface area contributed by atoms with Crippen molar-refractivity contribution in [3.05, 3.63) is 35.2 Å². The molecule has 9 heteroatoms. The molecule has 2 aromatic rings. The SMILES string of the molecule is CSCC[C@H]([NH3+])c1nnc(SCC(=O)Nc2cc(C)ccc2C)o1.[Cl-]. The van der Waals surface area contributed by atoms with Crippen LogP contribution < -0.4 is 23.5 Å². The minimum absolute atomic E-state index is 0. The molecular weight excluding hydrogens is 380 g/mol. The largest absolute Gasteiger partial charge is 1.00 e. The van der Waals surface area contributed by atoms with Gasteiger partial charge in [0.05, 0.1) is 5.75 Å². The van der Waals surface area contributed by atoms with Crippen LogP contribution in [0.15, 0.2) is 27.8 Å². The molecule has 0 aliphatic rings. The number of nitrogens with zero attached hydrogens (tertiary/aromatic N) is 2. The Morgan fingerprint density at radius 3 is 2.84 bits per heavy atom. The molecule has 0 aliphatic heterocycles. The van der Waals surface area contributed by atoms with Crippen LogP contribution in [0, 0.1) is 13.8 Å². The summed E-state index contributed by atoms with van der Waals surface area (Å²) in [6.45, 7) is 3.96. The first-order chi connectivity index (χ1) is 11.5. The molecule has 4 N–H and O–H groups in total. The third-order valence-corrected chi connectivity index (χ3v) is 4.90. The summed E-state index contributed by atoms with van der Waals surface area (Å²) in [5.74, 6) is 1.65. The van der Waals surface area contributed by atoms with E-state index in [1.165, 1.54) is 11.8 Å². The van der Waals surface area contributed by atoms with Crippen molar-refractivity contribution in [1.29, 1.82) is 0 Å². The van der Waals surface area contributed by atoms with Gasteiger partial charge in [-0.25, -0.2) is 0 Å². The Morgan fingerprint density at radius 1 is 1.36 bits per heavy atom. The Labute approximate surface area is 162 Å². The molecular formula is C16H23ClN4O2S2. The first-order valence-corrected chi connectivity index (χ1v) is 10.0. The zero-order chi connectivity index (χ0) is 17.5. The van der Waals surface area contributed by atoms with Crippen molar-refractivity contribution in [1.82, 2.24) is 10.2 Å². The quantitative estimate of drug-likeness (QED) is 0.575. The topological polar surface area (TPSA) is 95.7 Å². The van der Waals surface area contributed by atoms with Gasteiger partial charge in [-0.1, -0.05) is 23.9 Å². The van der Waals surface area contributed by atoms with Gasteiger partial charge in [-0.3, -0.25) is 4.79 Å². The second-order valence-electron chi connectivity index (χ2n) is 5.54. The maximum Gasteiger partial charge on any atom is 0.277 e. The summed E-state index contributed by atoms with van der Waals surface area (Å²) in [5, 5.41) is 11.3. The van der Waals surface area contributed by atoms with Crippen LogP contribution in [0.2, 0.25) is 0 Å². The van der Waals surface area contributed by atoms with Crippen LogP contribution in [-0.4, -0.2) is 33.9 Å². The maximum atomic E-state index is 12.1. The predicted molar refractivity (Wildman–Crippen MR) is 98.2 cm³/mol. The molecule has 0 unspecified atom stereocenters. The molecule has 0 fully saturated rings. The highest BCUT2D eigenvalue weighted by Crippen LogP contribution is 2.21. The average Bonchev–Trinajstić information content (AvgIpc) is 3.03. The highest BCUT2D eigenvalue weighted by atomic mass is 35.5. The van der Waals surface area contributed by atoms with Crippen molar-refractivity contribution >= 4 is 35.1 Å². The van der Waals surface area contributed by atoms with E-state index in [1.807, 2.05) is 32.0 Å². The van der Waals surface area contributed by atoms with Gasteiger partial charge in [-0.15, -0.1) is 10.2 Å². The van der Waals surface area contributed by atoms with Crippen molar-refractivity contribution in [3.8, 4) is 0 Å². The fraction of sp³-hybridized carbons (Fsp3) is 0.438. The molecule has 0 bridgehead atoms. The minimum Gasteiger partial charge on any atom is -1.00 e. The molecule has 1 aromatic carbocycles. The summed E-state index contributed by atoms with van der Waals surface area (Å²) in [5.41, 5.74) is 7.01. The van der Waals surface area contributed by atoms with Crippen molar-refractivity contribution in [2.24, 2.45) is 0 Å². The standard InChI is InChI=1S/C16H22N4O2S2.ClH/c1-10-4-5-11(2)13(8-10)18-14(21)9-24-16-20-19-15(22-16)12(17)6-7-23-3;/h4-5,8,12H,6-7,9,17H2,1-3H3,(H,18,21);1H/t12-;/m0./s1. The number of rotatable bonds is 8. The fourth-order valence-electron chi connectivity index (χ4n) is 2.01. The summed E-state index contributed by atoms with van der Waals surface area (Å²) >= 11 is 3.00. The van der Waals surface area contributed by atoms with Gasteiger partial charge in [0.15, 0.2) is 6.04 Å². The van der Waals surface area contributed by atoms with E-state index in [0.717, 1.165) is 29.0 Å². The highest BCUT2D eigenvalue weighted by molar-refractivity contribution is 7.99. The second-order valence-corrected chi connectivity index (χ2v) is 7.45. The Bertz CT molecular complexity index is 697. The smallest absolute Gasteiger partial charge is 0.277 e. The van der Waals surface area contributed by atoms with E-state index in [1.54, 1.807) is 11.8 Å². The van der Waals surface area contributed by atoms with Crippen molar-refractivity contribution in [3.63, 3.8) is 0 Å². The molecule has 0 spiro atoms. The summed E-state index contributed by atoms with van der Waals surface area (Å²) < 4.78 is 5.57. The Balaban J connectivity index is 0.00000312. The molecule has 1 aromatic heterocycles. The Hall–Kier alpha value is -1.22. The summed E-state index contributed by atoms with van der Waals surface area (Å²) in [7, 11) is 0. The average molecular weight is 403 g/mol. The van der Waals surface area contributed by atoms with E-state index in [4.69, 9.17) is 4.42 Å². The number of amides is 1. The normalized spacial score (nSPS) is 11.7. The molecule has 1 amide bonds. The molecule has 6 nitrogen and oxygen atoms in total. The van der Waals surface area contributed by atoms with E-state index < -0.39 is 0 Å². The zero-order valence-corrected chi connectivity index (χ0v) is 16.9. The number of nitrogens with one attached hydrogen (secondary N) is 1. The number of thioether (sulfide) groups is 2. The fourth-order valence-corrected chi connectivity index (χ4v) is 3.10. The first kappa shape index (κ1) is 21.8. The number of aryl methyl sites for hydroxylation is 2. The summed E-state index contributed by atoms with van der Waals surface area (Å²) in [4.78, 5) is 12.1. The van der Waals surface area contributed by atoms with Crippen molar-refractivity contribution in [2.45, 2.75) is 31.5 Å². The van der Waals surface area contributed by atoms with Crippen LogP contribution in [0.1, 0.15) is 29.5 Å². The van der Waals surface area contributed by atoms with Crippen molar-refractivity contribution in [2.75, 3.05) is 23.1 Å². The number of quaternary nitrogens is 1. The van der Waals surface area contributed by atoms with Gasteiger partial charge in [0.25, 0.3) is 11.1 Å². The minimum atomic E-state index is -0.0954. The molecule has 1 heterocycles. The highest BCUT2D eigenvalue weighted by Gasteiger charge is 2.18. The lowest BCUT2D eigenvalue weighted by atomic mass is 10.1. The van der Waals surface area contributed by atoms with Crippen LogP contribution in [0.4, 0.5) is 5.69 Å². The van der Waals surface area contributed by atoms with Crippen molar-refractivity contribution < 1.29 is 27.4 Å². The number of hydrogen-bond donors (Lipinski definition) is 2. The molecule has 0 saturated carbocycles. The summed E-state index contributed by atoms with van der Waals surface area (Å²) in [6, 6.07) is 5.96. The monoisotopic (exact) mass is 402 g/mol. The number of carbonyl (C=O) groups is 1. The van der Waals surface area contributed by atoms with Gasteiger partial charge < -0.3 is 27.9 Å². The molecule has 0 radical (unpaired) electrons. The molecule has 138 valence electrons. The Morgan fingerprint density at radius 2 is 2.12 bits per heavy atom. The van der Waals surface area contributed by atoms with Crippen LogP contribution >= 0.6 is 23.5 Å². The Kier molecular flexibility index (Phi) is 9.34. The molecule has 0 saturated heterocycles. The number of anilines is 1. The molecule has 25 heavy (non-hydrogen) atoms. The van der Waals surface area contributed by atoms with Gasteiger partial charge in [0.1, 0.15) is 0 Å². The lowest BCUT2D eigenvalue weighted by Gasteiger charge is -2.08. The van der Waals surface area contributed by atoms with E-state index in [-0.39, 0.29) is 30.1 Å². The number of hydrogen-bond acceptors (Lipinski definition) is 6. The van der Waals surface area contributed by atoms with Gasteiger partial charge in [0.2, 0.25) is 5.91 Å². The van der Waals surface area contributed by atoms with E-state index >= 15 is 0 Å². The first-order valence-electron chi connectivity index (χ1n) is 7.65. The lowest BCUT2D eigenvalue weighted by molar-refractivity contribution is -0.432. The van der Waals surface area contributed by atoms with Gasteiger partial charge in [0, 0.05) is 12.1 Å². The maximum absolute atomic E-state index is 12.1.